The number of unbranched alkanes of at least 4 members (excludes halogenated alkanes) is 10. The summed E-state index contributed by atoms with van der Waals surface area (Å²) in [5.41, 5.74) is 0. The highest BCUT2D eigenvalue weighted by molar-refractivity contribution is 4.55. The van der Waals surface area contributed by atoms with E-state index in [-0.39, 0.29) is 6.10 Å². The van der Waals surface area contributed by atoms with Crippen molar-refractivity contribution >= 4 is 0 Å². The minimum Gasteiger partial charge on any atom is -0.345 e. The molecule has 0 N–H and O–H groups in total. The third-order valence-electron chi connectivity index (χ3n) is 4.13. The molecule has 0 fully saturated rings. The number of hydrogen-bond acceptors (Lipinski definition) is 1. The van der Waals surface area contributed by atoms with Gasteiger partial charge in [-0.3, -0.25) is 0 Å². The van der Waals surface area contributed by atoms with Gasteiger partial charge in [0.15, 0.2) is 6.36 Å². The molecule has 0 heterocycles. The van der Waals surface area contributed by atoms with Crippen molar-refractivity contribution < 1.29 is 9.13 Å². The predicted molar refractivity (Wildman–Crippen MR) is 91.4 cm³/mol. The van der Waals surface area contributed by atoms with E-state index in [9.17, 15) is 4.39 Å². The third kappa shape index (κ3) is 16.1. The summed E-state index contributed by atoms with van der Waals surface area (Å²) in [4.78, 5) is 0. The van der Waals surface area contributed by atoms with Crippen LogP contribution in [0.4, 0.5) is 4.39 Å². The predicted octanol–water partition coefficient (Wildman–Crippen LogP) is 7.19. The molecule has 0 saturated heterocycles. The molecular formula is C19H39FO. The fraction of sp³-hybridized carbons (Fsp3) is 1.00. The van der Waals surface area contributed by atoms with E-state index >= 15 is 0 Å². The maximum atomic E-state index is 13.5. The van der Waals surface area contributed by atoms with Crippen LogP contribution in [-0.4, -0.2) is 12.5 Å². The maximum absolute atomic E-state index is 13.5. The van der Waals surface area contributed by atoms with E-state index in [0.717, 1.165) is 25.7 Å². The monoisotopic (exact) mass is 302 g/mol. The molecule has 128 valence electrons. The van der Waals surface area contributed by atoms with Crippen LogP contribution in [-0.2, 0) is 4.74 Å². The summed E-state index contributed by atoms with van der Waals surface area (Å²) in [6.45, 7) is 6.41. The van der Waals surface area contributed by atoms with Crippen molar-refractivity contribution in [3.8, 4) is 0 Å². The van der Waals surface area contributed by atoms with Crippen molar-refractivity contribution in [2.45, 2.75) is 123 Å². The van der Waals surface area contributed by atoms with Crippen molar-refractivity contribution in [1.29, 1.82) is 0 Å². The molecule has 0 spiro atoms. The Kier molecular flexibility index (Phi) is 16.2. The molecule has 0 radical (unpaired) electrons. The van der Waals surface area contributed by atoms with Crippen LogP contribution < -0.4 is 0 Å². The van der Waals surface area contributed by atoms with Crippen LogP contribution in [0.5, 0.6) is 0 Å². The fourth-order valence-electron chi connectivity index (χ4n) is 2.69. The Morgan fingerprint density at radius 2 is 1.10 bits per heavy atom. The fourth-order valence-corrected chi connectivity index (χ4v) is 2.69. The standard InChI is InChI=1S/C19H39FO/c1-4-6-8-9-10-11-12-13-15-16-18(3)21-19(20)17-14-7-5-2/h18-19H,4-17H2,1-3H3. The lowest BCUT2D eigenvalue weighted by atomic mass is 10.1. The van der Waals surface area contributed by atoms with E-state index in [4.69, 9.17) is 4.74 Å². The van der Waals surface area contributed by atoms with E-state index in [2.05, 4.69) is 13.8 Å². The van der Waals surface area contributed by atoms with Gasteiger partial charge in [-0.15, -0.1) is 0 Å². The number of hydrogen-bond donors (Lipinski definition) is 0. The Bertz CT molecular complexity index is 196. The highest BCUT2D eigenvalue weighted by Gasteiger charge is 2.11. The van der Waals surface area contributed by atoms with Gasteiger partial charge in [0.1, 0.15) is 0 Å². The summed E-state index contributed by atoms with van der Waals surface area (Å²) in [6, 6.07) is 0. The molecule has 0 aliphatic carbocycles. The quantitative estimate of drug-likeness (QED) is 0.274. The van der Waals surface area contributed by atoms with E-state index in [0.29, 0.717) is 6.42 Å². The van der Waals surface area contributed by atoms with Crippen LogP contribution >= 0.6 is 0 Å². The van der Waals surface area contributed by atoms with E-state index in [1.54, 1.807) is 0 Å². The number of ether oxygens (including phenoxy) is 1. The molecule has 0 aromatic rings. The number of alkyl halides is 1. The first kappa shape index (κ1) is 20.9. The SMILES string of the molecule is CCCCCCCCCCCC(C)OC(F)CCCCC. The lowest BCUT2D eigenvalue weighted by Gasteiger charge is -2.16. The van der Waals surface area contributed by atoms with E-state index < -0.39 is 6.36 Å². The van der Waals surface area contributed by atoms with Gasteiger partial charge in [0.25, 0.3) is 0 Å². The molecule has 2 heteroatoms. The summed E-state index contributed by atoms with van der Waals surface area (Å²) < 4.78 is 18.9. The largest absolute Gasteiger partial charge is 0.345 e. The van der Waals surface area contributed by atoms with Crippen LogP contribution in [0, 0.1) is 0 Å². The second kappa shape index (κ2) is 16.3. The molecular weight excluding hydrogens is 263 g/mol. The first-order valence-corrected chi connectivity index (χ1v) is 9.50. The lowest BCUT2D eigenvalue weighted by molar-refractivity contribution is -0.0861. The molecule has 0 aromatic carbocycles. The Morgan fingerprint density at radius 1 is 0.667 bits per heavy atom. The second-order valence-electron chi connectivity index (χ2n) is 6.47. The molecule has 0 bridgehead atoms. The average Bonchev–Trinajstić information content (AvgIpc) is 2.45. The smallest absolute Gasteiger partial charge is 0.199 e. The van der Waals surface area contributed by atoms with Crippen LogP contribution in [0.25, 0.3) is 0 Å². The third-order valence-corrected chi connectivity index (χ3v) is 4.13. The zero-order chi connectivity index (χ0) is 15.8. The van der Waals surface area contributed by atoms with Crippen LogP contribution in [0.3, 0.4) is 0 Å². The topological polar surface area (TPSA) is 9.23 Å². The summed E-state index contributed by atoms with van der Waals surface area (Å²) in [5.74, 6) is 0. The molecule has 0 rings (SSSR count). The normalized spacial score (nSPS) is 14.3. The molecule has 2 atom stereocenters. The van der Waals surface area contributed by atoms with Crippen LogP contribution in [0.1, 0.15) is 111 Å². The highest BCUT2D eigenvalue weighted by Crippen LogP contribution is 2.15. The van der Waals surface area contributed by atoms with Gasteiger partial charge in [-0.25, -0.2) is 4.39 Å². The lowest BCUT2D eigenvalue weighted by Crippen LogP contribution is -2.16. The number of halogens is 1. The highest BCUT2D eigenvalue weighted by atomic mass is 19.1. The van der Waals surface area contributed by atoms with Crippen LogP contribution in [0.2, 0.25) is 0 Å². The minimum atomic E-state index is -1.05. The Balaban J connectivity index is 3.27. The van der Waals surface area contributed by atoms with Gasteiger partial charge in [-0.1, -0.05) is 84.5 Å². The van der Waals surface area contributed by atoms with Crippen LogP contribution in [0.15, 0.2) is 0 Å². The van der Waals surface area contributed by atoms with Gasteiger partial charge in [-0.05, 0) is 19.8 Å². The Morgan fingerprint density at radius 3 is 1.67 bits per heavy atom. The Hall–Kier alpha value is -0.110. The zero-order valence-electron chi connectivity index (χ0n) is 14.8. The molecule has 0 aromatic heterocycles. The molecule has 0 aliphatic rings. The second-order valence-corrected chi connectivity index (χ2v) is 6.47. The summed E-state index contributed by atoms with van der Waals surface area (Å²) >= 11 is 0. The van der Waals surface area contributed by atoms with Crippen molar-refractivity contribution in [1.82, 2.24) is 0 Å². The summed E-state index contributed by atoms with van der Waals surface area (Å²) in [7, 11) is 0. The molecule has 1 nitrogen and oxygen atoms in total. The van der Waals surface area contributed by atoms with Crippen molar-refractivity contribution in [2.75, 3.05) is 0 Å². The minimum absolute atomic E-state index is 0.0752. The molecule has 2 unspecified atom stereocenters. The van der Waals surface area contributed by atoms with Crippen molar-refractivity contribution in [3.63, 3.8) is 0 Å². The zero-order valence-corrected chi connectivity index (χ0v) is 14.8. The first-order valence-electron chi connectivity index (χ1n) is 9.50. The Labute approximate surface area is 133 Å². The van der Waals surface area contributed by atoms with Gasteiger partial charge < -0.3 is 4.74 Å². The first-order chi connectivity index (χ1) is 10.2. The molecule has 21 heavy (non-hydrogen) atoms. The molecule has 0 amide bonds. The number of rotatable bonds is 16. The summed E-state index contributed by atoms with van der Waals surface area (Å²) in [6.07, 6.45) is 15.8. The summed E-state index contributed by atoms with van der Waals surface area (Å²) in [5, 5.41) is 0. The molecule has 0 aliphatic heterocycles. The van der Waals surface area contributed by atoms with E-state index in [1.807, 2.05) is 6.92 Å². The van der Waals surface area contributed by atoms with Crippen molar-refractivity contribution in [2.24, 2.45) is 0 Å². The molecule has 0 saturated carbocycles. The average molecular weight is 303 g/mol. The van der Waals surface area contributed by atoms with Gasteiger partial charge >= 0.3 is 0 Å². The van der Waals surface area contributed by atoms with Gasteiger partial charge in [0.2, 0.25) is 0 Å². The van der Waals surface area contributed by atoms with Gasteiger partial charge in [0.05, 0.1) is 6.10 Å². The maximum Gasteiger partial charge on any atom is 0.199 e. The van der Waals surface area contributed by atoms with Gasteiger partial charge in [-0.2, -0.15) is 0 Å². The van der Waals surface area contributed by atoms with Crippen molar-refractivity contribution in [3.05, 3.63) is 0 Å². The van der Waals surface area contributed by atoms with E-state index in [1.165, 1.54) is 57.8 Å². The van der Waals surface area contributed by atoms with Gasteiger partial charge in [0, 0.05) is 6.42 Å².